The molecule has 1 N–H and O–H groups in total. The molecule has 8 heteroatoms. The Hall–Kier alpha value is -3.06. The SMILES string of the molecule is COc1cc(Cl)cc(C(=O)Nc2cnc3c(c(C4CCN(C(=O)C(C)C)C(C)(C)C4)cn3C)c2C)c1. The number of halogens is 1. The van der Waals surface area contributed by atoms with E-state index in [0.717, 1.165) is 36.0 Å². The van der Waals surface area contributed by atoms with Crippen LogP contribution in [0.2, 0.25) is 5.02 Å². The van der Waals surface area contributed by atoms with E-state index in [1.165, 1.54) is 12.7 Å². The maximum Gasteiger partial charge on any atom is 0.255 e. The topological polar surface area (TPSA) is 76.5 Å². The number of rotatable bonds is 5. The van der Waals surface area contributed by atoms with Crippen molar-refractivity contribution >= 4 is 40.1 Å². The second kappa shape index (κ2) is 9.77. The average Bonchev–Trinajstić information content (AvgIpc) is 3.16. The number of hydrogen-bond donors (Lipinski definition) is 1. The summed E-state index contributed by atoms with van der Waals surface area (Å²) in [6.07, 6.45) is 5.61. The molecule has 0 saturated carbocycles. The molecule has 1 unspecified atom stereocenters. The van der Waals surface area contributed by atoms with E-state index >= 15 is 0 Å². The number of carbonyl (C=O) groups excluding carboxylic acids is 2. The summed E-state index contributed by atoms with van der Waals surface area (Å²) in [5.74, 6) is 0.711. The first-order valence-corrected chi connectivity index (χ1v) is 12.7. The predicted octanol–water partition coefficient (Wildman–Crippen LogP) is 5.94. The van der Waals surface area contributed by atoms with Crippen molar-refractivity contribution in [2.24, 2.45) is 13.0 Å². The zero-order valence-electron chi connectivity index (χ0n) is 22.1. The third-order valence-corrected chi connectivity index (χ3v) is 7.49. The highest BCUT2D eigenvalue weighted by Gasteiger charge is 2.39. The van der Waals surface area contributed by atoms with Crippen molar-refractivity contribution in [1.29, 1.82) is 0 Å². The maximum absolute atomic E-state index is 13.1. The largest absolute Gasteiger partial charge is 0.497 e. The van der Waals surface area contributed by atoms with E-state index < -0.39 is 0 Å². The van der Waals surface area contributed by atoms with Gasteiger partial charge in [-0.25, -0.2) is 4.98 Å². The van der Waals surface area contributed by atoms with Gasteiger partial charge < -0.3 is 19.5 Å². The third-order valence-electron chi connectivity index (χ3n) is 7.27. The van der Waals surface area contributed by atoms with Crippen LogP contribution in [0.4, 0.5) is 5.69 Å². The van der Waals surface area contributed by atoms with E-state index in [9.17, 15) is 9.59 Å². The van der Waals surface area contributed by atoms with Crippen molar-refractivity contribution in [3.05, 3.63) is 52.3 Å². The van der Waals surface area contributed by atoms with Crippen LogP contribution in [0.15, 0.2) is 30.6 Å². The number of nitrogens with zero attached hydrogens (tertiary/aromatic N) is 3. The Labute approximate surface area is 217 Å². The zero-order valence-corrected chi connectivity index (χ0v) is 22.9. The Morgan fingerprint density at radius 3 is 2.61 bits per heavy atom. The van der Waals surface area contributed by atoms with Crippen LogP contribution in [0.1, 0.15) is 67.9 Å². The van der Waals surface area contributed by atoms with Crippen molar-refractivity contribution < 1.29 is 14.3 Å². The molecule has 1 saturated heterocycles. The van der Waals surface area contributed by atoms with Gasteiger partial charge in [0.1, 0.15) is 11.4 Å². The number of likely N-dealkylation sites (tertiary alicyclic amines) is 1. The van der Waals surface area contributed by atoms with Gasteiger partial charge in [0.2, 0.25) is 5.91 Å². The molecule has 0 spiro atoms. The Morgan fingerprint density at radius 2 is 1.97 bits per heavy atom. The minimum atomic E-state index is -0.279. The Bertz CT molecular complexity index is 1330. The second-order valence-corrected chi connectivity index (χ2v) is 11.1. The summed E-state index contributed by atoms with van der Waals surface area (Å²) >= 11 is 6.17. The lowest BCUT2D eigenvalue weighted by molar-refractivity contribution is -0.142. The van der Waals surface area contributed by atoms with Gasteiger partial charge >= 0.3 is 0 Å². The summed E-state index contributed by atoms with van der Waals surface area (Å²) in [6.45, 7) is 11.0. The first-order chi connectivity index (χ1) is 16.9. The fourth-order valence-corrected chi connectivity index (χ4v) is 5.59. The molecule has 192 valence electrons. The van der Waals surface area contributed by atoms with Crippen molar-refractivity contribution in [1.82, 2.24) is 14.5 Å². The highest BCUT2D eigenvalue weighted by Crippen LogP contribution is 2.42. The highest BCUT2D eigenvalue weighted by molar-refractivity contribution is 6.31. The zero-order chi connectivity index (χ0) is 26.4. The summed E-state index contributed by atoms with van der Waals surface area (Å²) in [6, 6.07) is 4.93. The van der Waals surface area contributed by atoms with E-state index in [-0.39, 0.29) is 29.2 Å². The molecule has 36 heavy (non-hydrogen) atoms. The van der Waals surface area contributed by atoms with Crippen LogP contribution < -0.4 is 10.1 Å². The van der Waals surface area contributed by atoms with Gasteiger partial charge in [0.15, 0.2) is 0 Å². The monoisotopic (exact) mass is 510 g/mol. The van der Waals surface area contributed by atoms with Crippen LogP contribution in [0.3, 0.4) is 0 Å². The standard InChI is InChI=1S/C28H35ClN4O3/c1-16(2)27(35)33-9-8-18(13-28(33,4)5)22-15-32(6)25-24(22)17(3)23(14-30-25)31-26(34)19-10-20(29)12-21(11-19)36-7/h10-12,14-16,18H,8-9,13H2,1-7H3,(H,31,34). The molecular weight excluding hydrogens is 476 g/mol. The number of methoxy groups -OCH3 is 1. The number of carbonyl (C=O) groups is 2. The van der Waals surface area contributed by atoms with Crippen molar-refractivity contribution in [2.75, 3.05) is 19.0 Å². The number of aryl methyl sites for hydroxylation is 2. The maximum atomic E-state index is 13.1. The van der Waals surface area contributed by atoms with Crippen molar-refractivity contribution in [3.8, 4) is 5.75 Å². The lowest BCUT2D eigenvalue weighted by Crippen LogP contribution is -2.53. The van der Waals surface area contributed by atoms with Gasteiger partial charge in [-0.1, -0.05) is 25.4 Å². The molecule has 2 amide bonds. The number of piperidine rings is 1. The van der Waals surface area contributed by atoms with E-state index in [4.69, 9.17) is 21.3 Å². The number of hydrogen-bond acceptors (Lipinski definition) is 4. The van der Waals surface area contributed by atoms with Crippen LogP contribution in [-0.2, 0) is 11.8 Å². The molecule has 3 heterocycles. The molecule has 1 aliphatic heterocycles. The summed E-state index contributed by atoms with van der Waals surface area (Å²) < 4.78 is 7.30. The average molecular weight is 511 g/mol. The minimum absolute atomic E-state index is 0.0181. The highest BCUT2D eigenvalue weighted by atomic mass is 35.5. The van der Waals surface area contributed by atoms with Crippen LogP contribution in [-0.4, -0.2) is 45.5 Å². The normalized spacial score (nSPS) is 17.5. The van der Waals surface area contributed by atoms with Gasteiger partial charge in [0, 0.05) is 47.2 Å². The van der Waals surface area contributed by atoms with E-state index in [2.05, 4.69) is 25.4 Å². The molecule has 1 aromatic carbocycles. The third kappa shape index (κ3) is 4.81. The number of ether oxygens (including phenoxy) is 1. The molecule has 0 bridgehead atoms. The number of aromatic nitrogens is 2. The smallest absolute Gasteiger partial charge is 0.255 e. The molecule has 7 nitrogen and oxygen atoms in total. The summed E-state index contributed by atoms with van der Waals surface area (Å²) in [7, 11) is 3.54. The summed E-state index contributed by atoms with van der Waals surface area (Å²) in [5, 5.41) is 4.50. The van der Waals surface area contributed by atoms with E-state index in [0.29, 0.717) is 22.0 Å². The van der Waals surface area contributed by atoms with Crippen LogP contribution in [0.25, 0.3) is 11.0 Å². The first kappa shape index (κ1) is 26.0. The van der Waals surface area contributed by atoms with E-state index in [1.54, 1.807) is 24.4 Å². The lowest BCUT2D eigenvalue weighted by Gasteiger charge is -2.46. The second-order valence-electron chi connectivity index (χ2n) is 10.7. The van der Waals surface area contributed by atoms with Crippen LogP contribution in [0, 0.1) is 12.8 Å². The lowest BCUT2D eigenvalue weighted by atomic mass is 9.78. The number of pyridine rings is 1. The number of benzene rings is 1. The van der Waals surface area contributed by atoms with Gasteiger partial charge in [-0.15, -0.1) is 0 Å². The van der Waals surface area contributed by atoms with Gasteiger partial charge in [-0.05, 0) is 68.9 Å². The predicted molar refractivity (Wildman–Crippen MR) is 144 cm³/mol. The van der Waals surface area contributed by atoms with Gasteiger partial charge in [0.25, 0.3) is 5.91 Å². The molecule has 2 aromatic heterocycles. The fourth-order valence-electron chi connectivity index (χ4n) is 5.37. The Balaban J connectivity index is 1.67. The van der Waals surface area contributed by atoms with Crippen LogP contribution in [0.5, 0.6) is 5.75 Å². The Kier molecular flexibility index (Phi) is 7.06. The quantitative estimate of drug-likeness (QED) is 0.461. The fraction of sp³-hybridized carbons (Fsp3) is 0.464. The van der Waals surface area contributed by atoms with Gasteiger partial charge in [-0.3, -0.25) is 9.59 Å². The number of anilines is 1. The molecule has 1 fully saturated rings. The number of amides is 2. The van der Waals surface area contributed by atoms with E-state index in [1.807, 2.05) is 37.3 Å². The van der Waals surface area contributed by atoms with Gasteiger partial charge in [-0.2, -0.15) is 0 Å². The number of fused-ring (bicyclic) bond motifs is 1. The molecule has 0 radical (unpaired) electrons. The molecule has 3 aromatic rings. The molecule has 0 aliphatic carbocycles. The minimum Gasteiger partial charge on any atom is -0.497 e. The molecule has 1 aliphatic rings. The summed E-state index contributed by atoms with van der Waals surface area (Å²) in [4.78, 5) is 32.6. The van der Waals surface area contributed by atoms with Crippen LogP contribution >= 0.6 is 11.6 Å². The van der Waals surface area contributed by atoms with Crippen molar-refractivity contribution in [3.63, 3.8) is 0 Å². The van der Waals surface area contributed by atoms with Gasteiger partial charge in [0.05, 0.1) is 19.0 Å². The molecular formula is C28H35ClN4O3. The van der Waals surface area contributed by atoms with Crippen molar-refractivity contribution in [2.45, 2.75) is 58.9 Å². The number of nitrogens with one attached hydrogen (secondary N) is 1. The molecule has 1 atom stereocenters. The Morgan fingerprint density at radius 1 is 1.25 bits per heavy atom. The molecule has 4 rings (SSSR count). The first-order valence-electron chi connectivity index (χ1n) is 12.3. The summed E-state index contributed by atoms with van der Waals surface area (Å²) in [5.41, 5.74) is 3.88.